The summed E-state index contributed by atoms with van der Waals surface area (Å²) in [5, 5.41) is 1.70. The van der Waals surface area contributed by atoms with Gasteiger partial charge in [-0.3, -0.25) is 19.6 Å². The summed E-state index contributed by atoms with van der Waals surface area (Å²) in [6.07, 6.45) is 2.24. The van der Waals surface area contributed by atoms with Gasteiger partial charge in [0.2, 0.25) is 5.78 Å². The van der Waals surface area contributed by atoms with Gasteiger partial charge in [-0.25, -0.2) is 0 Å². The molecule has 0 aliphatic carbocycles. The van der Waals surface area contributed by atoms with Crippen molar-refractivity contribution >= 4 is 22.8 Å². The van der Waals surface area contributed by atoms with E-state index in [0.717, 1.165) is 33.5 Å². The molecule has 3 rings (SSSR count). The number of aryl methyl sites for hydroxylation is 3. The fourth-order valence-corrected chi connectivity index (χ4v) is 2.74. The molecule has 0 radical (unpaired) electrons. The van der Waals surface area contributed by atoms with Crippen LogP contribution in [0.4, 0.5) is 0 Å². The van der Waals surface area contributed by atoms with Gasteiger partial charge in [0.05, 0.1) is 29.3 Å². The molecule has 0 unspecified atom stereocenters. The maximum Gasteiger partial charge on any atom is 0.242 e. The molecule has 0 spiro atoms. The van der Waals surface area contributed by atoms with Gasteiger partial charge in [0, 0.05) is 17.0 Å². The highest BCUT2D eigenvalue weighted by molar-refractivity contribution is 6.35. The smallest absolute Gasteiger partial charge is 0.242 e. The normalized spacial score (nSPS) is 10.9. The molecule has 2 aromatic heterocycles. The molecule has 0 saturated heterocycles. The van der Waals surface area contributed by atoms with Crippen molar-refractivity contribution in [3.8, 4) is 0 Å². The van der Waals surface area contributed by atoms with Gasteiger partial charge in [-0.2, -0.15) is 0 Å². The monoisotopic (exact) mass is 307 g/mol. The van der Waals surface area contributed by atoms with Crippen LogP contribution >= 0.6 is 0 Å². The summed E-state index contributed by atoms with van der Waals surface area (Å²) in [4.78, 5) is 32.2. The molecule has 0 bridgehead atoms. The third kappa shape index (κ3) is 2.65. The second-order valence-electron chi connectivity index (χ2n) is 5.60. The van der Waals surface area contributed by atoms with Crippen molar-refractivity contribution in [1.29, 1.82) is 0 Å². The molecule has 2 heterocycles. The predicted molar refractivity (Wildman–Crippen MR) is 87.7 cm³/mol. The molecular formula is C18H17N3O2. The van der Waals surface area contributed by atoms with Crippen LogP contribution in [0, 0.1) is 20.8 Å². The number of hydrogen-bond acceptors (Lipinski definition) is 4. The van der Waals surface area contributed by atoms with Crippen LogP contribution in [0.2, 0.25) is 0 Å². The van der Waals surface area contributed by atoms with Crippen LogP contribution < -0.4 is 0 Å². The lowest BCUT2D eigenvalue weighted by atomic mass is 10.1. The fourth-order valence-electron chi connectivity index (χ4n) is 2.74. The van der Waals surface area contributed by atoms with E-state index in [1.807, 2.05) is 51.2 Å². The van der Waals surface area contributed by atoms with Crippen LogP contribution in [-0.2, 0) is 11.3 Å². The van der Waals surface area contributed by atoms with Crippen molar-refractivity contribution in [2.75, 3.05) is 0 Å². The Morgan fingerprint density at radius 1 is 1.09 bits per heavy atom. The molecule has 116 valence electrons. The van der Waals surface area contributed by atoms with E-state index in [4.69, 9.17) is 0 Å². The first-order valence-corrected chi connectivity index (χ1v) is 7.39. The number of benzene rings is 1. The number of aldehydes is 1. The van der Waals surface area contributed by atoms with E-state index < -0.39 is 5.78 Å². The lowest BCUT2D eigenvalue weighted by molar-refractivity contribution is -0.104. The molecule has 5 nitrogen and oxygen atoms in total. The van der Waals surface area contributed by atoms with Gasteiger partial charge in [0.1, 0.15) is 5.69 Å². The second kappa shape index (κ2) is 5.76. The molecule has 1 aromatic carbocycles. The Bertz CT molecular complexity index is 925. The van der Waals surface area contributed by atoms with E-state index in [9.17, 15) is 9.59 Å². The first-order valence-electron chi connectivity index (χ1n) is 7.39. The summed E-state index contributed by atoms with van der Waals surface area (Å²) < 4.78 is 1.78. The highest BCUT2D eigenvalue weighted by Gasteiger charge is 2.17. The second-order valence-corrected chi connectivity index (χ2v) is 5.60. The van der Waals surface area contributed by atoms with Gasteiger partial charge in [0.25, 0.3) is 0 Å². The Kier molecular flexibility index (Phi) is 3.78. The van der Waals surface area contributed by atoms with E-state index in [1.54, 1.807) is 4.57 Å². The predicted octanol–water partition coefficient (Wildman–Crippen LogP) is 2.79. The zero-order chi connectivity index (χ0) is 16.6. The average Bonchev–Trinajstić information content (AvgIpc) is 2.89. The Balaban J connectivity index is 2.15. The van der Waals surface area contributed by atoms with Crippen LogP contribution in [0.1, 0.15) is 33.3 Å². The fraction of sp³-hybridized carbons (Fsp3) is 0.222. The zero-order valence-corrected chi connectivity index (χ0v) is 13.3. The van der Waals surface area contributed by atoms with Gasteiger partial charge in [0.15, 0.2) is 6.29 Å². The first kappa shape index (κ1) is 15.1. The number of hydrogen-bond donors (Lipinski definition) is 0. The van der Waals surface area contributed by atoms with Gasteiger partial charge in [-0.15, -0.1) is 0 Å². The van der Waals surface area contributed by atoms with Gasteiger partial charge in [-0.1, -0.05) is 24.3 Å². The molecule has 0 N–H and O–H groups in total. The molecule has 5 heteroatoms. The van der Waals surface area contributed by atoms with E-state index in [1.165, 1.54) is 0 Å². The molecule has 0 saturated carbocycles. The van der Waals surface area contributed by atoms with E-state index >= 15 is 0 Å². The number of aromatic nitrogens is 3. The van der Waals surface area contributed by atoms with Crippen LogP contribution in [0.3, 0.4) is 0 Å². The SMILES string of the molecule is Cc1nc(C)c(Cn2cc3ccccc3c2C(=O)C=O)nc1C. The van der Waals surface area contributed by atoms with Crippen molar-refractivity contribution in [2.24, 2.45) is 0 Å². The van der Waals surface area contributed by atoms with Gasteiger partial charge in [-0.05, 0) is 20.8 Å². The third-order valence-corrected chi connectivity index (χ3v) is 4.04. The van der Waals surface area contributed by atoms with E-state index in [2.05, 4.69) is 9.97 Å². The number of fused-ring (bicyclic) bond motifs is 1. The van der Waals surface area contributed by atoms with Crippen LogP contribution in [0.25, 0.3) is 10.8 Å². The summed E-state index contributed by atoms with van der Waals surface area (Å²) in [7, 11) is 0. The van der Waals surface area contributed by atoms with Crippen molar-refractivity contribution < 1.29 is 9.59 Å². The number of carbonyl (C=O) groups is 2. The summed E-state index contributed by atoms with van der Waals surface area (Å²) in [6, 6.07) is 7.53. The summed E-state index contributed by atoms with van der Waals surface area (Å²) in [5.41, 5.74) is 3.79. The quantitative estimate of drug-likeness (QED) is 0.422. The molecule has 0 fully saturated rings. The van der Waals surface area contributed by atoms with Crippen molar-refractivity contribution in [3.63, 3.8) is 0 Å². The highest BCUT2D eigenvalue weighted by atomic mass is 16.2. The molecule has 23 heavy (non-hydrogen) atoms. The van der Waals surface area contributed by atoms with E-state index in [-0.39, 0.29) is 0 Å². The first-order chi connectivity index (χ1) is 11.0. The topological polar surface area (TPSA) is 64.8 Å². The van der Waals surface area contributed by atoms with Crippen molar-refractivity contribution in [3.05, 3.63) is 58.9 Å². The zero-order valence-electron chi connectivity index (χ0n) is 13.3. The van der Waals surface area contributed by atoms with Gasteiger partial charge >= 0.3 is 0 Å². The lowest BCUT2D eigenvalue weighted by Gasteiger charge is -2.10. The average molecular weight is 307 g/mol. The minimum Gasteiger partial charge on any atom is -0.338 e. The van der Waals surface area contributed by atoms with E-state index in [0.29, 0.717) is 18.5 Å². The molecule has 0 atom stereocenters. The number of rotatable bonds is 4. The Morgan fingerprint density at radius 2 is 1.78 bits per heavy atom. The van der Waals surface area contributed by atoms with Crippen LogP contribution in [0.5, 0.6) is 0 Å². The maximum absolute atomic E-state index is 12.1. The molecular weight excluding hydrogens is 290 g/mol. The van der Waals surface area contributed by atoms with Gasteiger partial charge < -0.3 is 4.57 Å². The largest absolute Gasteiger partial charge is 0.338 e. The minimum atomic E-state index is -0.527. The molecule has 3 aromatic rings. The lowest BCUT2D eigenvalue weighted by Crippen LogP contribution is -2.13. The van der Waals surface area contributed by atoms with Crippen LogP contribution in [-0.4, -0.2) is 26.6 Å². The molecule has 0 amide bonds. The summed E-state index contributed by atoms with van der Waals surface area (Å²) in [6.45, 7) is 6.14. The number of carbonyl (C=O) groups excluding carboxylic acids is 2. The molecule has 0 aliphatic rings. The minimum absolute atomic E-state index is 0.358. The Hall–Kier alpha value is -2.82. The molecule has 0 aliphatic heterocycles. The number of nitrogens with zero attached hydrogens (tertiary/aromatic N) is 3. The standard InChI is InChI=1S/C18H17N3O2/c1-11-12(2)20-16(13(3)19-11)9-21-8-14-6-4-5-7-15(14)18(21)17(23)10-22/h4-8,10H,9H2,1-3H3. The van der Waals surface area contributed by atoms with Crippen molar-refractivity contribution in [2.45, 2.75) is 27.3 Å². The number of Topliss-reactive ketones (excluding diaryl/α,β-unsaturated/α-hetero) is 1. The third-order valence-electron chi connectivity index (χ3n) is 4.04. The summed E-state index contributed by atoms with van der Waals surface area (Å²) >= 11 is 0. The summed E-state index contributed by atoms with van der Waals surface area (Å²) in [5.74, 6) is -0.527. The number of ketones is 1. The van der Waals surface area contributed by atoms with Crippen molar-refractivity contribution in [1.82, 2.24) is 14.5 Å². The highest BCUT2D eigenvalue weighted by Crippen LogP contribution is 2.22. The Morgan fingerprint density at radius 3 is 2.52 bits per heavy atom. The maximum atomic E-state index is 12.1. The Labute approximate surface area is 134 Å². The van der Waals surface area contributed by atoms with Crippen LogP contribution in [0.15, 0.2) is 30.5 Å².